The molecule has 16 heavy (non-hydrogen) atoms. The van der Waals surface area contributed by atoms with Gasteiger partial charge in [0, 0.05) is 5.56 Å². The molecular formula is C13H10N2S. The van der Waals surface area contributed by atoms with Crippen LogP contribution in [0.15, 0.2) is 48.5 Å². The van der Waals surface area contributed by atoms with Gasteiger partial charge < -0.3 is 5.73 Å². The quantitative estimate of drug-likeness (QED) is 0.644. The van der Waals surface area contributed by atoms with Gasteiger partial charge >= 0.3 is 0 Å². The van der Waals surface area contributed by atoms with Crippen molar-refractivity contribution in [3.05, 3.63) is 48.5 Å². The van der Waals surface area contributed by atoms with Gasteiger partial charge in [0.2, 0.25) is 0 Å². The molecule has 0 aliphatic carbocycles. The first-order valence-corrected chi connectivity index (χ1v) is 5.87. The Bertz CT molecular complexity index is 629. The summed E-state index contributed by atoms with van der Waals surface area (Å²) in [6.45, 7) is 0. The summed E-state index contributed by atoms with van der Waals surface area (Å²) < 4.78 is 1.07. The molecule has 2 nitrogen and oxygen atoms in total. The Morgan fingerprint density at radius 3 is 2.50 bits per heavy atom. The summed E-state index contributed by atoms with van der Waals surface area (Å²) in [4.78, 5) is 4.58. The van der Waals surface area contributed by atoms with Crippen molar-refractivity contribution >= 4 is 27.2 Å². The van der Waals surface area contributed by atoms with Crippen molar-refractivity contribution in [1.29, 1.82) is 0 Å². The topological polar surface area (TPSA) is 38.9 Å². The molecule has 0 unspecified atom stereocenters. The Morgan fingerprint density at radius 2 is 1.75 bits per heavy atom. The van der Waals surface area contributed by atoms with Gasteiger partial charge in [0.15, 0.2) is 0 Å². The van der Waals surface area contributed by atoms with Crippen molar-refractivity contribution in [2.75, 3.05) is 5.73 Å². The number of nitrogens with zero attached hydrogens (tertiary/aromatic N) is 1. The zero-order chi connectivity index (χ0) is 11.0. The fraction of sp³-hybridized carbons (Fsp3) is 0. The molecular weight excluding hydrogens is 216 g/mol. The molecule has 78 valence electrons. The average Bonchev–Trinajstić information content (AvgIpc) is 2.76. The first-order valence-electron chi connectivity index (χ1n) is 5.05. The number of anilines is 1. The van der Waals surface area contributed by atoms with Crippen LogP contribution < -0.4 is 5.73 Å². The van der Waals surface area contributed by atoms with Crippen molar-refractivity contribution in [1.82, 2.24) is 4.98 Å². The largest absolute Gasteiger partial charge is 0.398 e. The monoisotopic (exact) mass is 226 g/mol. The SMILES string of the molecule is Nc1cccc2nc(-c3ccccc3)sc12. The second kappa shape index (κ2) is 3.61. The van der Waals surface area contributed by atoms with Gasteiger partial charge in [-0.3, -0.25) is 0 Å². The summed E-state index contributed by atoms with van der Waals surface area (Å²) in [6.07, 6.45) is 0. The highest BCUT2D eigenvalue weighted by molar-refractivity contribution is 7.22. The number of thiazole rings is 1. The number of nitrogens with two attached hydrogens (primary N) is 1. The third-order valence-corrected chi connectivity index (χ3v) is 3.64. The number of hydrogen-bond acceptors (Lipinski definition) is 3. The fourth-order valence-corrected chi connectivity index (χ4v) is 2.67. The standard InChI is InChI=1S/C13H10N2S/c14-10-7-4-8-11-12(10)16-13(15-11)9-5-2-1-3-6-9/h1-8H,14H2. The normalized spacial score (nSPS) is 10.8. The van der Waals surface area contributed by atoms with Crippen LogP contribution in [0.4, 0.5) is 5.69 Å². The smallest absolute Gasteiger partial charge is 0.124 e. The first kappa shape index (κ1) is 9.36. The molecule has 2 N–H and O–H groups in total. The number of benzene rings is 2. The molecule has 0 aliphatic rings. The Hall–Kier alpha value is -1.87. The molecule has 0 bridgehead atoms. The van der Waals surface area contributed by atoms with Gasteiger partial charge in [0.25, 0.3) is 0 Å². The minimum Gasteiger partial charge on any atom is -0.398 e. The van der Waals surface area contributed by atoms with Crippen LogP contribution in [0.1, 0.15) is 0 Å². The van der Waals surface area contributed by atoms with E-state index < -0.39 is 0 Å². The lowest BCUT2D eigenvalue weighted by Gasteiger charge is -1.92. The van der Waals surface area contributed by atoms with Crippen molar-refractivity contribution < 1.29 is 0 Å². The lowest BCUT2D eigenvalue weighted by atomic mass is 10.2. The first-order chi connectivity index (χ1) is 7.84. The summed E-state index contributed by atoms with van der Waals surface area (Å²) in [5, 5.41) is 1.02. The minimum absolute atomic E-state index is 0.803. The molecule has 0 atom stereocenters. The summed E-state index contributed by atoms with van der Waals surface area (Å²) in [7, 11) is 0. The molecule has 0 saturated heterocycles. The lowest BCUT2D eigenvalue weighted by molar-refractivity contribution is 1.48. The van der Waals surface area contributed by atoms with Gasteiger partial charge in [-0.25, -0.2) is 4.98 Å². The van der Waals surface area contributed by atoms with Crippen LogP contribution >= 0.6 is 11.3 Å². The van der Waals surface area contributed by atoms with Crippen LogP contribution in [0.2, 0.25) is 0 Å². The second-order valence-electron chi connectivity index (χ2n) is 3.58. The number of fused-ring (bicyclic) bond motifs is 1. The number of aromatic nitrogens is 1. The van der Waals surface area contributed by atoms with Crippen molar-refractivity contribution in [3.8, 4) is 10.6 Å². The highest BCUT2D eigenvalue weighted by Crippen LogP contribution is 2.32. The molecule has 0 saturated carbocycles. The van der Waals surface area contributed by atoms with Crippen LogP contribution in [0.3, 0.4) is 0 Å². The van der Waals surface area contributed by atoms with Gasteiger partial charge in [-0.15, -0.1) is 11.3 Å². The van der Waals surface area contributed by atoms with E-state index in [0.29, 0.717) is 0 Å². The number of rotatable bonds is 1. The van der Waals surface area contributed by atoms with E-state index in [1.54, 1.807) is 11.3 Å². The fourth-order valence-electron chi connectivity index (χ4n) is 1.67. The average molecular weight is 226 g/mol. The number of hydrogen-bond donors (Lipinski definition) is 1. The van der Waals surface area contributed by atoms with Gasteiger partial charge in [0.05, 0.1) is 15.9 Å². The summed E-state index contributed by atoms with van der Waals surface area (Å²) in [5.41, 5.74) is 8.84. The maximum Gasteiger partial charge on any atom is 0.124 e. The van der Waals surface area contributed by atoms with Crippen LogP contribution in [0.5, 0.6) is 0 Å². The van der Waals surface area contributed by atoms with Gasteiger partial charge in [-0.1, -0.05) is 36.4 Å². The highest BCUT2D eigenvalue weighted by Gasteiger charge is 2.07. The van der Waals surface area contributed by atoms with Crippen molar-refractivity contribution in [3.63, 3.8) is 0 Å². The zero-order valence-electron chi connectivity index (χ0n) is 8.55. The van der Waals surface area contributed by atoms with E-state index in [9.17, 15) is 0 Å². The van der Waals surface area contributed by atoms with Crippen molar-refractivity contribution in [2.45, 2.75) is 0 Å². The third kappa shape index (κ3) is 1.46. The van der Waals surface area contributed by atoms with E-state index in [1.165, 1.54) is 0 Å². The van der Waals surface area contributed by atoms with E-state index in [4.69, 9.17) is 5.73 Å². The molecule has 0 spiro atoms. The van der Waals surface area contributed by atoms with Crippen LogP contribution in [-0.4, -0.2) is 4.98 Å². The molecule has 3 aromatic rings. The molecule has 3 rings (SSSR count). The van der Waals surface area contributed by atoms with E-state index in [2.05, 4.69) is 17.1 Å². The van der Waals surface area contributed by atoms with Gasteiger partial charge in [-0.2, -0.15) is 0 Å². The molecule has 0 aliphatic heterocycles. The van der Waals surface area contributed by atoms with E-state index in [-0.39, 0.29) is 0 Å². The Morgan fingerprint density at radius 1 is 0.938 bits per heavy atom. The van der Waals surface area contributed by atoms with Crippen LogP contribution in [-0.2, 0) is 0 Å². The van der Waals surface area contributed by atoms with Gasteiger partial charge in [-0.05, 0) is 12.1 Å². The van der Waals surface area contributed by atoms with E-state index in [1.807, 2.05) is 36.4 Å². The maximum atomic E-state index is 5.92. The zero-order valence-corrected chi connectivity index (χ0v) is 9.37. The van der Waals surface area contributed by atoms with Crippen LogP contribution in [0, 0.1) is 0 Å². The summed E-state index contributed by atoms with van der Waals surface area (Å²) in [6, 6.07) is 16.0. The van der Waals surface area contributed by atoms with Crippen molar-refractivity contribution in [2.24, 2.45) is 0 Å². The molecule has 1 aromatic heterocycles. The number of nitrogen functional groups attached to an aromatic ring is 1. The molecule has 3 heteroatoms. The summed E-state index contributed by atoms with van der Waals surface area (Å²) in [5.74, 6) is 0. The Kier molecular flexibility index (Phi) is 2.11. The van der Waals surface area contributed by atoms with E-state index in [0.717, 1.165) is 26.5 Å². The Balaban J connectivity index is 2.23. The summed E-state index contributed by atoms with van der Waals surface area (Å²) >= 11 is 1.64. The molecule has 0 radical (unpaired) electrons. The third-order valence-electron chi connectivity index (χ3n) is 2.47. The van der Waals surface area contributed by atoms with Gasteiger partial charge in [0.1, 0.15) is 5.01 Å². The predicted molar refractivity (Wildman–Crippen MR) is 69.5 cm³/mol. The molecule has 1 heterocycles. The minimum atomic E-state index is 0.803. The Labute approximate surface area is 97.4 Å². The molecule has 0 fully saturated rings. The van der Waals surface area contributed by atoms with E-state index >= 15 is 0 Å². The molecule has 2 aromatic carbocycles. The second-order valence-corrected chi connectivity index (χ2v) is 4.58. The predicted octanol–water partition coefficient (Wildman–Crippen LogP) is 3.55. The molecule has 0 amide bonds. The lowest BCUT2D eigenvalue weighted by Crippen LogP contribution is -1.82. The van der Waals surface area contributed by atoms with Crippen LogP contribution in [0.25, 0.3) is 20.8 Å². The maximum absolute atomic E-state index is 5.92. The highest BCUT2D eigenvalue weighted by atomic mass is 32.1.